The first-order chi connectivity index (χ1) is 9.31. The number of rotatable bonds is 5. The Bertz CT molecular complexity index is 553. The minimum atomic E-state index is 0.0871. The van der Waals surface area contributed by atoms with E-state index in [9.17, 15) is 0 Å². The fourth-order valence-corrected chi connectivity index (χ4v) is 1.83. The van der Waals surface area contributed by atoms with Gasteiger partial charge < -0.3 is 10.4 Å². The van der Waals surface area contributed by atoms with Crippen LogP contribution in [0.3, 0.4) is 0 Å². The lowest BCUT2D eigenvalue weighted by atomic mass is 10.1. The Morgan fingerprint density at radius 2 is 1.58 bits per heavy atom. The summed E-state index contributed by atoms with van der Waals surface area (Å²) >= 11 is 0. The molecule has 0 bridgehead atoms. The van der Waals surface area contributed by atoms with Crippen molar-refractivity contribution in [1.82, 2.24) is 0 Å². The van der Waals surface area contributed by atoms with E-state index >= 15 is 0 Å². The maximum Gasteiger partial charge on any atom is 0.0991 e. The number of aliphatic hydroxyl groups is 1. The molecule has 2 aromatic rings. The lowest BCUT2D eigenvalue weighted by Gasteiger charge is -2.07. The average molecular weight is 252 g/mol. The summed E-state index contributed by atoms with van der Waals surface area (Å²) < 4.78 is 0. The highest BCUT2D eigenvalue weighted by atomic mass is 16.3. The smallest absolute Gasteiger partial charge is 0.0991 e. The molecule has 0 unspecified atom stereocenters. The third kappa shape index (κ3) is 3.84. The molecule has 0 atom stereocenters. The summed E-state index contributed by atoms with van der Waals surface area (Å²) in [7, 11) is 0. The zero-order chi connectivity index (χ0) is 13.5. The molecule has 0 heterocycles. The van der Waals surface area contributed by atoms with Crippen LogP contribution in [0.4, 0.5) is 5.69 Å². The summed E-state index contributed by atoms with van der Waals surface area (Å²) in [6.45, 7) is 0.925. The lowest BCUT2D eigenvalue weighted by molar-refractivity contribution is 0.282. The van der Waals surface area contributed by atoms with E-state index in [1.54, 1.807) is 12.1 Å². The third-order valence-electron chi connectivity index (χ3n) is 2.96. The SMILES string of the molecule is N#Cc1ccc(NCCc2ccc(CO)cc2)cc1. The molecule has 0 aromatic heterocycles. The summed E-state index contributed by atoms with van der Waals surface area (Å²) in [5.74, 6) is 0. The van der Waals surface area contributed by atoms with E-state index in [4.69, 9.17) is 10.4 Å². The zero-order valence-corrected chi connectivity index (χ0v) is 10.6. The van der Waals surface area contributed by atoms with Crippen molar-refractivity contribution in [3.8, 4) is 6.07 Å². The van der Waals surface area contributed by atoms with Crippen molar-refractivity contribution in [3.63, 3.8) is 0 Å². The van der Waals surface area contributed by atoms with Crippen LogP contribution in [0.2, 0.25) is 0 Å². The van der Waals surface area contributed by atoms with E-state index in [0.717, 1.165) is 24.2 Å². The molecule has 0 fully saturated rings. The van der Waals surface area contributed by atoms with Gasteiger partial charge in [0.2, 0.25) is 0 Å². The van der Waals surface area contributed by atoms with Crippen molar-refractivity contribution in [1.29, 1.82) is 5.26 Å². The second kappa shape index (κ2) is 6.58. The maximum atomic E-state index is 8.96. The lowest BCUT2D eigenvalue weighted by Crippen LogP contribution is -2.04. The number of aliphatic hydroxyl groups excluding tert-OH is 1. The second-order valence-electron chi connectivity index (χ2n) is 4.34. The quantitative estimate of drug-likeness (QED) is 0.860. The van der Waals surface area contributed by atoms with Gasteiger partial charge in [0.15, 0.2) is 0 Å². The molecule has 0 aliphatic heterocycles. The van der Waals surface area contributed by atoms with Crippen LogP contribution in [-0.4, -0.2) is 11.7 Å². The number of benzene rings is 2. The number of hydrogen-bond acceptors (Lipinski definition) is 3. The molecule has 0 aliphatic carbocycles. The molecule has 3 nitrogen and oxygen atoms in total. The Kier molecular flexibility index (Phi) is 4.54. The maximum absolute atomic E-state index is 8.96. The van der Waals surface area contributed by atoms with Crippen molar-refractivity contribution >= 4 is 5.69 Å². The molecule has 0 saturated heterocycles. The standard InChI is InChI=1S/C16H16N2O/c17-11-14-5-7-16(8-6-14)18-10-9-13-1-3-15(12-19)4-2-13/h1-8,18-19H,9-10,12H2. The predicted molar refractivity (Wildman–Crippen MR) is 75.7 cm³/mol. The van der Waals surface area contributed by atoms with E-state index in [1.807, 2.05) is 36.4 Å². The average Bonchev–Trinajstić information content (AvgIpc) is 2.49. The molecule has 0 aliphatic rings. The Labute approximate surface area is 113 Å². The summed E-state index contributed by atoms with van der Waals surface area (Å²) in [4.78, 5) is 0. The first kappa shape index (κ1) is 13.1. The van der Waals surface area contributed by atoms with Crippen LogP contribution in [0, 0.1) is 11.3 Å². The number of hydrogen-bond donors (Lipinski definition) is 2. The van der Waals surface area contributed by atoms with Gasteiger partial charge in [0.1, 0.15) is 0 Å². The highest BCUT2D eigenvalue weighted by molar-refractivity contribution is 5.47. The van der Waals surface area contributed by atoms with Crippen molar-refractivity contribution < 1.29 is 5.11 Å². The van der Waals surface area contributed by atoms with Crippen molar-refractivity contribution in [2.75, 3.05) is 11.9 Å². The van der Waals surface area contributed by atoms with Gasteiger partial charge in [-0.05, 0) is 41.8 Å². The summed E-state index contributed by atoms with van der Waals surface area (Å²) in [6, 6.07) is 17.5. The van der Waals surface area contributed by atoms with Gasteiger partial charge in [-0.15, -0.1) is 0 Å². The van der Waals surface area contributed by atoms with E-state index in [-0.39, 0.29) is 6.61 Å². The molecule has 2 rings (SSSR count). The zero-order valence-electron chi connectivity index (χ0n) is 10.6. The van der Waals surface area contributed by atoms with E-state index < -0.39 is 0 Å². The molecule has 0 radical (unpaired) electrons. The first-order valence-electron chi connectivity index (χ1n) is 6.24. The second-order valence-corrected chi connectivity index (χ2v) is 4.34. The summed E-state index contributed by atoms with van der Waals surface area (Å²) in [5, 5.41) is 21.0. The predicted octanol–water partition coefficient (Wildman–Crippen LogP) is 2.71. The van der Waals surface area contributed by atoms with E-state index in [2.05, 4.69) is 11.4 Å². The highest BCUT2D eigenvalue weighted by Gasteiger charge is 1.96. The van der Waals surface area contributed by atoms with Crippen molar-refractivity contribution in [3.05, 3.63) is 65.2 Å². The van der Waals surface area contributed by atoms with Gasteiger partial charge in [0, 0.05) is 12.2 Å². The minimum Gasteiger partial charge on any atom is -0.392 e. The van der Waals surface area contributed by atoms with Crippen molar-refractivity contribution in [2.45, 2.75) is 13.0 Å². The number of nitrogens with one attached hydrogen (secondary N) is 1. The van der Waals surface area contributed by atoms with Gasteiger partial charge in [-0.2, -0.15) is 5.26 Å². The Morgan fingerprint density at radius 3 is 2.16 bits per heavy atom. The Hall–Kier alpha value is -2.31. The molecule has 19 heavy (non-hydrogen) atoms. The number of nitrogens with zero attached hydrogens (tertiary/aromatic N) is 1. The van der Waals surface area contributed by atoms with Crippen LogP contribution in [0.5, 0.6) is 0 Å². The molecule has 0 amide bonds. The van der Waals surface area contributed by atoms with Crippen LogP contribution in [-0.2, 0) is 13.0 Å². The van der Waals surface area contributed by atoms with Crippen LogP contribution in [0.25, 0.3) is 0 Å². The molecule has 2 aromatic carbocycles. The van der Waals surface area contributed by atoms with Gasteiger partial charge in [-0.3, -0.25) is 0 Å². The third-order valence-corrected chi connectivity index (χ3v) is 2.96. The van der Waals surface area contributed by atoms with Gasteiger partial charge in [-0.1, -0.05) is 24.3 Å². The molecular weight excluding hydrogens is 236 g/mol. The van der Waals surface area contributed by atoms with Crippen LogP contribution in [0.15, 0.2) is 48.5 Å². The fraction of sp³-hybridized carbons (Fsp3) is 0.188. The molecule has 0 saturated carbocycles. The van der Waals surface area contributed by atoms with Crippen molar-refractivity contribution in [2.24, 2.45) is 0 Å². The molecule has 96 valence electrons. The minimum absolute atomic E-state index is 0.0871. The topological polar surface area (TPSA) is 56.0 Å². The fourth-order valence-electron chi connectivity index (χ4n) is 1.83. The van der Waals surface area contributed by atoms with E-state index in [1.165, 1.54) is 5.56 Å². The van der Waals surface area contributed by atoms with Crippen LogP contribution < -0.4 is 5.32 Å². The van der Waals surface area contributed by atoms with E-state index in [0.29, 0.717) is 5.56 Å². The largest absolute Gasteiger partial charge is 0.392 e. The highest BCUT2D eigenvalue weighted by Crippen LogP contribution is 2.10. The first-order valence-corrected chi connectivity index (χ1v) is 6.24. The van der Waals surface area contributed by atoms with Gasteiger partial charge in [0.25, 0.3) is 0 Å². The molecule has 0 spiro atoms. The van der Waals surface area contributed by atoms with Gasteiger partial charge >= 0.3 is 0 Å². The number of anilines is 1. The Balaban J connectivity index is 1.83. The van der Waals surface area contributed by atoms with Gasteiger partial charge in [-0.25, -0.2) is 0 Å². The van der Waals surface area contributed by atoms with Gasteiger partial charge in [0.05, 0.1) is 18.2 Å². The molecule has 2 N–H and O–H groups in total. The molecule has 3 heteroatoms. The van der Waals surface area contributed by atoms with Crippen LogP contribution >= 0.6 is 0 Å². The number of nitriles is 1. The monoisotopic (exact) mass is 252 g/mol. The summed E-state index contributed by atoms with van der Waals surface area (Å²) in [6.07, 6.45) is 0.922. The summed E-state index contributed by atoms with van der Waals surface area (Å²) in [5.41, 5.74) is 3.86. The normalized spacial score (nSPS) is 9.89. The Morgan fingerprint density at radius 1 is 0.947 bits per heavy atom. The molecular formula is C16H16N2O. The van der Waals surface area contributed by atoms with Crippen LogP contribution in [0.1, 0.15) is 16.7 Å².